The number of anilines is 1. The quantitative estimate of drug-likeness (QED) is 0.711. The standard InChI is InChI=1S/C12H9N3OS/c13-10-6-11(16)15-9(7-17-12(15)14-10)8-4-2-1-3-5-8/h1-7H,13H2. The first-order valence-corrected chi connectivity index (χ1v) is 5.96. The second-order valence-corrected chi connectivity index (χ2v) is 4.46. The van der Waals surface area contributed by atoms with Gasteiger partial charge in [0.05, 0.1) is 5.69 Å². The van der Waals surface area contributed by atoms with Crippen LogP contribution < -0.4 is 11.3 Å². The topological polar surface area (TPSA) is 60.4 Å². The van der Waals surface area contributed by atoms with Crippen LogP contribution >= 0.6 is 11.3 Å². The Morgan fingerprint density at radius 1 is 1.24 bits per heavy atom. The molecule has 17 heavy (non-hydrogen) atoms. The first-order chi connectivity index (χ1) is 8.25. The molecule has 2 heterocycles. The SMILES string of the molecule is Nc1cc(=O)n2c(-c3ccccc3)csc2n1. The third-order valence-corrected chi connectivity index (χ3v) is 3.32. The fourth-order valence-electron chi connectivity index (χ4n) is 1.75. The second kappa shape index (κ2) is 3.71. The van der Waals surface area contributed by atoms with E-state index >= 15 is 0 Å². The molecule has 0 atom stereocenters. The summed E-state index contributed by atoms with van der Waals surface area (Å²) in [4.78, 5) is 16.7. The maximum Gasteiger partial charge on any atom is 0.261 e. The molecule has 2 N–H and O–H groups in total. The molecule has 0 aliphatic heterocycles. The van der Waals surface area contributed by atoms with E-state index in [1.165, 1.54) is 17.4 Å². The molecule has 0 bridgehead atoms. The number of nitrogen functional groups attached to an aromatic ring is 1. The normalized spacial score (nSPS) is 10.8. The highest BCUT2D eigenvalue weighted by Crippen LogP contribution is 2.23. The molecular formula is C12H9N3OS. The minimum absolute atomic E-state index is 0.146. The average molecular weight is 243 g/mol. The highest BCUT2D eigenvalue weighted by Gasteiger charge is 2.09. The summed E-state index contributed by atoms with van der Waals surface area (Å²) in [6.45, 7) is 0. The average Bonchev–Trinajstić information content (AvgIpc) is 2.74. The predicted molar refractivity (Wildman–Crippen MR) is 69.2 cm³/mol. The van der Waals surface area contributed by atoms with E-state index in [9.17, 15) is 4.79 Å². The van der Waals surface area contributed by atoms with Gasteiger partial charge in [-0.3, -0.25) is 9.20 Å². The number of rotatable bonds is 1. The van der Waals surface area contributed by atoms with Crippen molar-refractivity contribution in [2.24, 2.45) is 0 Å². The van der Waals surface area contributed by atoms with Gasteiger partial charge in [-0.05, 0) is 5.56 Å². The largest absolute Gasteiger partial charge is 0.383 e. The summed E-state index contributed by atoms with van der Waals surface area (Å²) in [6, 6.07) is 11.1. The fraction of sp³-hybridized carbons (Fsp3) is 0. The third-order valence-electron chi connectivity index (χ3n) is 2.49. The Balaban J connectivity index is 2.37. The van der Waals surface area contributed by atoms with Crippen LogP contribution in [0.15, 0.2) is 46.6 Å². The molecule has 0 aliphatic rings. The lowest BCUT2D eigenvalue weighted by Crippen LogP contribution is -2.14. The Bertz CT molecular complexity index is 730. The molecule has 1 aromatic carbocycles. The summed E-state index contributed by atoms with van der Waals surface area (Å²) < 4.78 is 1.58. The lowest BCUT2D eigenvalue weighted by molar-refractivity contribution is 1.09. The number of benzene rings is 1. The molecule has 0 fully saturated rings. The molecule has 0 spiro atoms. The van der Waals surface area contributed by atoms with E-state index in [1.54, 1.807) is 4.40 Å². The first kappa shape index (κ1) is 10.0. The minimum Gasteiger partial charge on any atom is -0.383 e. The number of hydrogen-bond donors (Lipinski definition) is 1. The monoisotopic (exact) mass is 243 g/mol. The molecule has 0 aliphatic carbocycles. The van der Waals surface area contributed by atoms with Gasteiger partial charge >= 0.3 is 0 Å². The number of thiazole rings is 1. The van der Waals surface area contributed by atoms with Crippen LogP contribution in [0.5, 0.6) is 0 Å². The van der Waals surface area contributed by atoms with Gasteiger partial charge in [-0.1, -0.05) is 30.3 Å². The summed E-state index contributed by atoms with van der Waals surface area (Å²) in [6.07, 6.45) is 0. The van der Waals surface area contributed by atoms with Gasteiger partial charge in [0.2, 0.25) is 0 Å². The zero-order valence-electron chi connectivity index (χ0n) is 8.83. The summed E-state index contributed by atoms with van der Waals surface area (Å²) in [7, 11) is 0. The number of aromatic nitrogens is 2. The van der Waals surface area contributed by atoms with Crippen LogP contribution in [0, 0.1) is 0 Å². The summed E-state index contributed by atoms with van der Waals surface area (Å²) in [5.41, 5.74) is 7.25. The maximum absolute atomic E-state index is 11.9. The van der Waals surface area contributed by atoms with Crippen molar-refractivity contribution >= 4 is 22.1 Å². The second-order valence-electron chi connectivity index (χ2n) is 3.62. The molecule has 0 unspecified atom stereocenters. The zero-order valence-corrected chi connectivity index (χ0v) is 9.65. The van der Waals surface area contributed by atoms with Crippen molar-refractivity contribution in [3.8, 4) is 11.3 Å². The van der Waals surface area contributed by atoms with Gasteiger partial charge in [0.15, 0.2) is 4.96 Å². The van der Waals surface area contributed by atoms with Gasteiger partial charge < -0.3 is 5.73 Å². The number of hydrogen-bond acceptors (Lipinski definition) is 4. The Labute approximate surface area is 101 Å². The molecule has 4 nitrogen and oxygen atoms in total. The molecule has 0 amide bonds. The van der Waals surface area contributed by atoms with Gasteiger partial charge in [0.1, 0.15) is 5.82 Å². The number of fused-ring (bicyclic) bond motifs is 1. The van der Waals surface area contributed by atoms with E-state index in [1.807, 2.05) is 35.7 Å². The smallest absolute Gasteiger partial charge is 0.261 e. The van der Waals surface area contributed by atoms with Crippen LogP contribution in [0.3, 0.4) is 0 Å². The molecule has 84 valence electrons. The Morgan fingerprint density at radius 3 is 2.76 bits per heavy atom. The first-order valence-electron chi connectivity index (χ1n) is 5.08. The van der Waals surface area contributed by atoms with Crippen LogP contribution in [-0.4, -0.2) is 9.38 Å². The fourth-order valence-corrected chi connectivity index (χ4v) is 2.66. The number of nitrogens with two attached hydrogens (primary N) is 1. The Kier molecular flexibility index (Phi) is 2.19. The van der Waals surface area contributed by atoms with E-state index in [2.05, 4.69) is 4.98 Å². The molecule has 0 radical (unpaired) electrons. The van der Waals surface area contributed by atoms with Crippen LogP contribution in [0.2, 0.25) is 0 Å². The molecule has 3 aromatic rings. The van der Waals surface area contributed by atoms with E-state index in [0.717, 1.165) is 11.3 Å². The summed E-state index contributed by atoms with van der Waals surface area (Å²) in [5.74, 6) is 0.261. The summed E-state index contributed by atoms with van der Waals surface area (Å²) in [5, 5.41) is 1.92. The van der Waals surface area contributed by atoms with E-state index in [0.29, 0.717) is 4.96 Å². The van der Waals surface area contributed by atoms with Crippen LogP contribution in [0.4, 0.5) is 5.82 Å². The Hall–Kier alpha value is -2.14. The summed E-state index contributed by atoms with van der Waals surface area (Å²) >= 11 is 1.41. The Morgan fingerprint density at radius 2 is 2.00 bits per heavy atom. The molecule has 0 saturated heterocycles. The number of nitrogens with zero attached hydrogens (tertiary/aromatic N) is 2. The van der Waals surface area contributed by atoms with Crippen molar-refractivity contribution < 1.29 is 0 Å². The molecule has 5 heteroatoms. The molecular weight excluding hydrogens is 234 g/mol. The highest BCUT2D eigenvalue weighted by molar-refractivity contribution is 7.15. The van der Waals surface area contributed by atoms with Gasteiger partial charge in [0, 0.05) is 11.4 Å². The molecule has 0 saturated carbocycles. The van der Waals surface area contributed by atoms with E-state index in [4.69, 9.17) is 5.73 Å². The van der Waals surface area contributed by atoms with Crippen molar-refractivity contribution in [1.29, 1.82) is 0 Å². The lowest BCUT2D eigenvalue weighted by Gasteiger charge is -2.00. The van der Waals surface area contributed by atoms with Crippen molar-refractivity contribution in [2.75, 3.05) is 5.73 Å². The lowest BCUT2D eigenvalue weighted by atomic mass is 10.2. The zero-order chi connectivity index (χ0) is 11.8. The maximum atomic E-state index is 11.9. The van der Waals surface area contributed by atoms with Gasteiger partial charge in [-0.25, -0.2) is 4.98 Å². The van der Waals surface area contributed by atoms with E-state index in [-0.39, 0.29) is 11.4 Å². The predicted octanol–water partition coefficient (Wildman–Crippen LogP) is 2.01. The van der Waals surface area contributed by atoms with Crippen molar-refractivity contribution in [3.63, 3.8) is 0 Å². The van der Waals surface area contributed by atoms with E-state index < -0.39 is 0 Å². The van der Waals surface area contributed by atoms with Crippen LogP contribution in [-0.2, 0) is 0 Å². The minimum atomic E-state index is -0.146. The van der Waals surface area contributed by atoms with Crippen LogP contribution in [0.1, 0.15) is 0 Å². The van der Waals surface area contributed by atoms with Crippen molar-refractivity contribution in [1.82, 2.24) is 9.38 Å². The van der Waals surface area contributed by atoms with Crippen molar-refractivity contribution in [2.45, 2.75) is 0 Å². The van der Waals surface area contributed by atoms with Gasteiger partial charge in [0.25, 0.3) is 5.56 Å². The highest BCUT2D eigenvalue weighted by atomic mass is 32.1. The van der Waals surface area contributed by atoms with Crippen molar-refractivity contribution in [3.05, 3.63) is 52.1 Å². The van der Waals surface area contributed by atoms with Gasteiger partial charge in [-0.2, -0.15) is 0 Å². The third kappa shape index (κ3) is 1.60. The van der Waals surface area contributed by atoms with Gasteiger partial charge in [-0.15, -0.1) is 11.3 Å². The molecule has 3 rings (SSSR count). The molecule has 2 aromatic heterocycles. The van der Waals surface area contributed by atoms with Crippen LogP contribution in [0.25, 0.3) is 16.2 Å².